The Hall–Kier alpha value is -3.54. The van der Waals surface area contributed by atoms with Crippen molar-refractivity contribution in [3.05, 3.63) is 35.0 Å². The molecule has 1 aliphatic carbocycles. The molecular formula is C29H37FN4O6S. The summed E-state index contributed by atoms with van der Waals surface area (Å²) in [7, 11) is 1.27. The third-order valence-corrected chi connectivity index (χ3v) is 8.40. The largest absolute Gasteiger partial charge is 0.482 e. The molecule has 1 saturated heterocycles. The second-order valence-corrected chi connectivity index (χ2v) is 12.5. The number of methoxy groups -OCH3 is 1. The quantitative estimate of drug-likeness (QED) is 0.408. The number of hydrogen-bond acceptors (Lipinski definition) is 8. The lowest BCUT2D eigenvalue weighted by atomic mass is 9.85. The molecule has 222 valence electrons. The van der Waals surface area contributed by atoms with Gasteiger partial charge >= 0.3 is 5.97 Å². The molecule has 2 unspecified atom stereocenters. The predicted octanol–water partition coefficient (Wildman–Crippen LogP) is 3.31. The van der Waals surface area contributed by atoms with E-state index in [1.54, 1.807) is 32.3 Å². The molecule has 0 bridgehead atoms. The summed E-state index contributed by atoms with van der Waals surface area (Å²) in [5.74, 6) is -1.65. The predicted molar refractivity (Wildman–Crippen MR) is 151 cm³/mol. The lowest BCUT2D eigenvalue weighted by molar-refractivity contribution is -0.144. The van der Waals surface area contributed by atoms with E-state index in [0.29, 0.717) is 30.7 Å². The fourth-order valence-corrected chi connectivity index (χ4v) is 5.57. The number of alkyl halides is 1. The lowest BCUT2D eigenvalue weighted by Gasteiger charge is -2.35. The van der Waals surface area contributed by atoms with E-state index in [2.05, 4.69) is 15.6 Å². The number of carbonyl (C=O) groups is 4. The Balaban J connectivity index is 1.47. The maximum absolute atomic E-state index is 14.4. The van der Waals surface area contributed by atoms with Gasteiger partial charge in [-0.25, -0.2) is 14.2 Å². The maximum Gasteiger partial charge on any atom is 0.343 e. The van der Waals surface area contributed by atoms with Crippen LogP contribution in [0.15, 0.2) is 23.7 Å². The van der Waals surface area contributed by atoms with Crippen molar-refractivity contribution >= 4 is 35.0 Å². The highest BCUT2D eigenvalue weighted by atomic mass is 32.1. The molecular weight excluding hydrogens is 551 g/mol. The van der Waals surface area contributed by atoms with Crippen molar-refractivity contribution in [1.29, 1.82) is 0 Å². The number of halogens is 1. The first-order valence-corrected chi connectivity index (χ1v) is 14.5. The van der Waals surface area contributed by atoms with Crippen molar-refractivity contribution in [2.45, 2.75) is 77.7 Å². The molecule has 2 N–H and O–H groups in total. The van der Waals surface area contributed by atoms with Gasteiger partial charge in [0.2, 0.25) is 11.8 Å². The third-order valence-electron chi connectivity index (χ3n) is 7.42. The number of rotatable bonds is 10. The molecule has 0 spiro atoms. The van der Waals surface area contributed by atoms with Crippen molar-refractivity contribution in [1.82, 2.24) is 20.5 Å². The molecule has 1 aromatic heterocycles. The van der Waals surface area contributed by atoms with Gasteiger partial charge in [-0.3, -0.25) is 14.4 Å². The Morgan fingerprint density at radius 2 is 1.98 bits per heavy atom. The van der Waals surface area contributed by atoms with Gasteiger partial charge in [-0.2, -0.15) is 0 Å². The van der Waals surface area contributed by atoms with Gasteiger partial charge in [-0.05, 0) is 49.7 Å². The van der Waals surface area contributed by atoms with E-state index in [1.165, 1.54) is 23.3 Å². The van der Waals surface area contributed by atoms with E-state index in [9.17, 15) is 23.6 Å². The number of aryl methyl sites for hydroxylation is 1. The minimum absolute atomic E-state index is 0.0969. The number of ether oxygens (including phenoxy) is 2. The molecule has 1 aliphatic heterocycles. The number of esters is 1. The lowest BCUT2D eigenvalue weighted by Crippen LogP contribution is -2.58. The highest BCUT2D eigenvalue weighted by Crippen LogP contribution is 2.40. The number of hydrogen-bond donors (Lipinski definition) is 2. The molecule has 2 aliphatic rings. The summed E-state index contributed by atoms with van der Waals surface area (Å²) < 4.78 is 24.8. The van der Waals surface area contributed by atoms with Crippen LogP contribution in [0.1, 0.15) is 57.7 Å². The maximum atomic E-state index is 14.4. The molecule has 2 aromatic rings. The van der Waals surface area contributed by atoms with Crippen LogP contribution < -0.4 is 15.4 Å². The number of likely N-dealkylation sites (tertiary alicyclic amines) is 1. The third kappa shape index (κ3) is 7.03. The summed E-state index contributed by atoms with van der Waals surface area (Å²) in [6.45, 7) is 7.45. The average Bonchev–Trinajstić information content (AvgIpc) is 3.30. The van der Waals surface area contributed by atoms with Crippen LogP contribution in [-0.2, 0) is 30.5 Å². The van der Waals surface area contributed by atoms with Crippen molar-refractivity contribution in [3.8, 4) is 16.2 Å². The minimum Gasteiger partial charge on any atom is -0.482 e. The van der Waals surface area contributed by atoms with Crippen molar-refractivity contribution < 1.29 is 33.0 Å². The number of amides is 3. The van der Waals surface area contributed by atoms with Crippen LogP contribution >= 0.6 is 11.3 Å². The minimum atomic E-state index is -1.91. The smallest absolute Gasteiger partial charge is 0.343 e. The van der Waals surface area contributed by atoms with Crippen LogP contribution in [0, 0.1) is 12.3 Å². The van der Waals surface area contributed by atoms with E-state index >= 15 is 0 Å². The van der Waals surface area contributed by atoms with Gasteiger partial charge in [0.15, 0.2) is 12.3 Å². The Kier molecular flexibility index (Phi) is 9.00. The highest BCUT2D eigenvalue weighted by Gasteiger charge is 2.53. The van der Waals surface area contributed by atoms with E-state index in [-0.39, 0.29) is 31.9 Å². The first kappa shape index (κ1) is 30.4. The monoisotopic (exact) mass is 588 g/mol. The van der Waals surface area contributed by atoms with Crippen molar-refractivity contribution in [3.63, 3.8) is 0 Å². The molecule has 41 heavy (non-hydrogen) atoms. The number of aromatic nitrogens is 1. The van der Waals surface area contributed by atoms with E-state index in [4.69, 9.17) is 9.47 Å². The molecule has 12 heteroatoms. The number of nitrogens with one attached hydrogen (secondary N) is 2. The van der Waals surface area contributed by atoms with Gasteiger partial charge in [0, 0.05) is 18.7 Å². The fraction of sp³-hybridized carbons (Fsp3) is 0.552. The van der Waals surface area contributed by atoms with Gasteiger partial charge in [-0.15, -0.1) is 11.3 Å². The van der Waals surface area contributed by atoms with Gasteiger partial charge in [0.05, 0.1) is 23.2 Å². The summed E-state index contributed by atoms with van der Waals surface area (Å²) in [6, 6.07) is 3.80. The average molecular weight is 589 g/mol. The summed E-state index contributed by atoms with van der Waals surface area (Å²) in [4.78, 5) is 57.9. The molecule has 2 heterocycles. The molecule has 0 radical (unpaired) electrons. The van der Waals surface area contributed by atoms with Crippen LogP contribution in [-0.4, -0.2) is 71.6 Å². The summed E-state index contributed by atoms with van der Waals surface area (Å²) in [5.41, 5.74) is 1.52. The zero-order chi connectivity index (χ0) is 29.9. The van der Waals surface area contributed by atoms with Crippen molar-refractivity contribution in [2.24, 2.45) is 5.41 Å². The normalized spacial score (nSPS) is 18.4. The second-order valence-electron chi connectivity index (χ2n) is 11.6. The summed E-state index contributed by atoms with van der Waals surface area (Å²) >= 11 is 1.48. The molecule has 2 atom stereocenters. The number of thiazole rings is 1. The van der Waals surface area contributed by atoms with Crippen LogP contribution in [0.2, 0.25) is 0 Å². The molecule has 3 amide bonds. The zero-order valence-electron chi connectivity index (χ0n) is 24.0. The first-order valence-electron chi connectivity index (χ1n) is 13.6. The van der Waals surface area contributed by atoms with Crippen LogP contribution in [0.3, 0.4) is 0 Å². The van der Waals surface area contributed by atoms with Crippen LogP contribution in [0.4, 0.5) is 4.39 Å². The number of carbonyl (C=O) groups excluding carboxylic acids is 4. The number of nitrogens with zero attached hydrogens (tertiary/aromatic N) is 2. The Labute approximate surface area is 243 Å². The van der Waals surface area contributed by atoms with Gasteiger partial charge in [0.25, 0.3) is 5.91 Å². The first-order chi connectivity index (χ1) is 19.3. The molecule has 10 nitrogen and oxygen atoms in total. The second kappa shape index (κ2) is 12.1. The molecule has 1 aromatic carbocycles. The van der Waals surface area contributed by atoms with Crippen LogP contribution in [0.5, 0.6) is 5.75 Å². The standard InChI is InChI=1S/C29H37FN4O6S/c1-17-23(41-16-32-17)18-8-9-19(21(13-18)40-15-22(35)39-5)14-31-25(36)20-7-6-12-34(20)26(37)24(28(2,3)4)33-27(38)29(30)10-11-29/h8-9,13,16,20,24H,6-7,10-12,14-15H2,1-5H3,(H,31,36)(H,33,38). The van der Waals surface area contributed by atoms with Gasteiger partial charge in [-0.1, -0.05) is 32.9 Å². The Morgan fingerprint density at radius 3 is 2.59 bits per heavy atom. The van der Waals surface area contributed by atoms with E-state index < -0.39 is 41.0 Å². The molecule has 1 saturated carbocycles. The van der Waals surface area contributed by atoms with E-state index in [1.807, 2.05) is 19.1 Å². The molecule has 4 rings (SSSR count). The number of benzene rings is 1. The molecule has 2 fully saturated rings. The Bertz CT molecular complexity index is 1320. The fourth-order valence-electron chi connectivity index (χ4n) is 4.77. The topological polar surface area (TPSA) is 127 Å². The summed E-state index contributed by atoms with van der Waals surface area (Å²) in [6.07, 6.45) is 1.38. The SMILES string of the molecule is COC(=O)COc1cc(-c2scnc2C)ccc1CNC(=O)C1CCCN1C(=O)C(NC(=O)C1(F)CC1)C(C)(C)C. The van der Waals surface area contributed by atoms with Gasteiger partial charge < -0.3 is 25.0 Å². The van der Waals surface area contributed by atoms with E-state index in [0.717, 1.165) is 16.1 Å². The van der Waals surface area contributed by atoms with Crippen molar-refractivity contribution in [2.75, 3.05) is 20.3 Å². The Morgan fingerprint density at radius 1 is 1.24 bits per heavy atom. The van der Waals surface area contributed by atoms with Gasteiger partial charge in [0.1, 0.15) is 17.8 Å². The van der Waals surface area contributed by atoms with Crippen LogP contribution in [0.25, 0.3) is 10.4 Å². The summed E-state index contributed by atoms with van der Waals surface area (Å²) in [5, 5.41) is 5.51. The highest BCUT2D eigenvalue weighted by molar-refractivity contribution is 7.13. The zero-order valence-corrected chi connectivity index (χ0v) is 24.9.